The Morgan fingerprint density at radius 3 is 2.35 bits per heavy atom. The molecule has 1 unspecified atom stereocenters. The predicted octanol–water partition coefficient (Wildman–Crippen LogP) is 2.68. The molecule has 5 rings (SSSR count). The van der Waals surface area contributed by atoms with E-state index in [0.717, 1.165) is 17.8 Å². The molecular formula is C19H29NO3. The summed E-state index contributed by atoms with van der Waals surface area (Å²) in [6.45, 7) is 4.60. The fourth-order valence-electron chi connectivity index (χ4n) is 5.86. The molecule has 4 aliphatic carbocycles. The average molecular weight is 319 g/mol. The van der Waals surface area contributed by atoms with E-state index in [2.05, 4.69) is 12.2 Å². The van der Waals surface area contributed by atoms with Crippen molar-refractivity contribution in [2.75, 3.05) is 26.4 Å². The maximum Gasteiger partial charge on any atom is 0.244 e. The summed E-state index contributed by atoms with van der Waals surface area (Å²) < 4.78 is 10.9. The van der Waals surface area contributed by atoms with E-state index in [4.69, 9.17) is 9.47 Å². The summed E-state index contributed by atoms with van der Waals surface area (Å²) in [6, 6.07) is 0. The monoisotopic (exact) mass is 319 g/mol. The number of hydrogen-bond acceptors (Lipinski definition) is 3. The van der Waals surface area contributed by atoms with E-state index in [0.29, 0.717) is 31.8 Å². The van der Waals surface area contributed by atoms with Crippen LogP contribution in [-0.4, -0.2) is 38.4 Å². The molecule has 1 N–H and O–H groups in total. The number of carbonyl (C=O) groups is 1. The number of nitrogens with one attached hydrogen (secondary N) is 1. The van der Waals surface area contributed by atoms with Crippen molar-refractivity contribution in [1.82, 2.24) is 5.32 Å². The highest BCUT2D eigenvalue weighted by molar-refractivity contribution is 5.88. The van der Waals surface area contributed by atoms with Crippen LogP contribution in [0.1, 0.15) is 45.4 Å². The first-order chi connectivity index (χ1) is 11.1. The standard InChI is InChI=1S/C19H29NO3/c1-13(4-18(21)20-11-17-12-22-2-3-23-17)19-8-14-5-15(9-19)7-16(6-14)10-19/h4,14-17H,2-3,5-12H2,1H3,(H,20,21)/b13-4+. The molecular weight excluding hydrogens is 290 g/mol. The molecule has 0 radical (unpaired) electrons. The van der Waals surface area contributed by atoms with E-state index in [1.807, 2.05) is 6.08 Å². The van der Waals surface area contributed by atoms with Crippen molar-refractivity contribution in [2.45, 2.75) is 51.6 Å². The summed E-state index contributed by atoms with van der Waals surface area (Å²) in [7, 11) is 0. The van der Waals surface area contributed by atoms with Crippen LogP contribution in [0.15, 0.2) is 11.6 Å². The quantitative estimate of drug-likeness (QED) is 0.811. The van der Waals surface area contributed by atoms with Gasteiger partial charge in [0.25, 0.3) is 0 Å². The Kier molecular flexibility index (Phi) is 4.22. The first kappa shape index (κ1) is 15.6. The molecule has 4 nitrogen and oxygen atoms in total. The average Bonchev–Trinajstić information content (AvgIpc) is 2.52. The summed E-state index contributed by atoms with van der Waals surface area (Å²) in [6.07, 6.45) is 10.1. The molecule has 128 valence electrons. The first-order valence-electron chi connectivity index (χ1n) is 9.29. The normalized spacial score (nSPS) is 42.7. The predicted molar refractivity (Wildman–Crippen MR) is 87.9 cm³/mol. The summed E-state index contributed by atoms with van der Waals surface area (Å²) in [5.41, 5.74) is 1.64. The Morgan fingerprint density at radius 2 is 1.78 bits per heavy atom. The van der Waals surface area contributed by atoms with Gasteiger partial charge in [0.15, 0.2) is 0 Å². The van der Waals surface area contributed by atoms with Crippen molar-refractivity contribution in [2.24, 2.45) is 23.2 Å². The number of rotatable bonds is 4. The van der Waals surface area contributed by atoms with Crippen LogP contribution in [0, 0.1) is 23.2 Å². The second kappa shape index (κ2) is 6.21. The van der Waals surface area contributed by atoms with Gasteiger partial charge >= 0.3 is 0 Å². The lowest BCUT2D eigenvalue weighted by Gasteiger charge is -2.57. The zero-order valence-corrected chi connectivity index (χ0v) is 14.2. The Balaban J connectivity index is 1.37. The number of amides is 1. The highest BCUT2D eigenvalue weighted by Gasteiger charge is 2.51. The Morgan fingerprint density at radius 1 is 1.13 bits per heavy atom. The SMILES string of the molecule is C/C(=C\C(=O)NCC1COCCO1)C12CC3CC(CC(C3)C1)C2. The fraction of sp³-hybridized carbons (Fsp3) is 0.842. The third-order valence-corrected chi connectivity index (χ3v) is 6.61. The molecule has 4 bridgehead atoms. The van der Waals surface area contributed by atoms with Gasteiger partial charge in [-0.15, -0.1) is 0 Å². The molecule has 1 aliphatic heterocycles. The van der Waals surface area contributed by atoms with Crippen LogP contribution in [0.4, 0.5) is 0 Å². The molecule has 1 saturated heterocycles. The fourth-order valence-corrected chi connectivity index (χ4v) is 5.86. The van der Waals surface area contributed by atoms with E-state index in [1.54, 1.807) is 0 Å². The molecule has 4 heteroatoms. The molecule has 5 fully saturated rings. The zero-order chi connectivity index (χ0) is 15.9. The minimum absolute atomic E-state index is 0.000885. The van der Waals surface area contributed by atoms with Gasteiger partial charge in [-0.05, 0) is 68.6 Å². The summed E-state index contributed by atoms with van der Waals surface area (Å²) in [5, 5.41) is 3.00. The maximum absolute atomic E-state index is 12.3. The van der Waals surface area contributed by atoms with E-state index >= 15 is 0 Å². The van der Waals surface area contributed by atoms with Gasteiger partial charge in [0.2, 0.25) is 5.91 Å². The third-order valence-electron chi connectivity index (χ3n) is 6.61. The smallest absolute Gasteiger partial charge is 0.244 e. The molecule has 5 aliphatic rings. The van der Waals surface area contributed by atoms with Gasteiger partial charge in [-0.2, -0.15) is 0 Å². The minimum Gasteiger partial charge on any atom is -0.376 e. The number of ether oxygens (including phenoxy) is 2. The first-order valence-corrected chi connectivity index (χ1v) is 9.29. The Labute approximate surface area is 139 Å². The Hall–Kier alpha value is -0.870. The van der Waals surface area contributed by atoms with Gasteiger partial charge in [0, 0.05) is 12.6 Å². The van der Waals surface area contributed by atoms with Crippen molar-refractivity contribution >= 4 is 5.91 Å². The van der Waals surface area contributed by atoms with Crippen LogP contribution in [0.2, 0.25) is 0 Å². The van der Waals surface area contributed by atoms with Crippen LogP contribution in [0.5, 0.6) is 0 Å². The molecule has 23 heavy (non-hydrogen) atoms. The van der Waals surface area contributed by atoms with Gasteiger partial charge in [0.1, 0.15) is 0 Å². The number of allylic oxidation sites excluding steroid dienone is 1. The van der Waals surface area contributed by atoms with Crippen molar-refractivity contribution in [3.63, 3.8) is 0 Å². The highest BCUT2D eigenvalue weighted by Crippen LogP contribution is 2.62. The van der Waals surface area contributed by atoms with Crippen molar-refractivity contribution in [1.29, 1.82) is 0 Å². The minimum atomic E-state index is 0.000885. The van der Waals surface area contributed by atoms with E-state index in [-0.39, 0.29) is 12.0 Å². The summed E-state index contributed by atoms with van der Waals surface area (Å²) >= 11 is 0. The lowest BCUT2D eigenvalue weighted by Crippen LogP contribution is -2.47. The van der Waals surface area contributed by atoms with Crippen molar-refractivity contribution < 1.29 is 14.3 Å². The third kappa shape index (κ3) is 3.20. The molecule has 1 amide bonds. The van der Waals surface area contributed by atoms with Gasteiger partial charge in [-0.3, -0.25) is 4.79 Å². The van der Waals surface area contributed by atoms with Gasteiger partial charge in [0.05, 0.1) is 25.9 Å². The second-order valence-corrected chi connectivity index (χ2v) is 8.34. The molecule has 0 spiro atoms. The largest absolute Gasteiger partial charge is 0.376 e. The molecule has 4 saturated carbocycles. The summed E-state index contributed by atoms with van der Waals surface area (Å²) in [5.74, 6) is 2.79. The van der Waals surface area contributed by atoms with Gasteiger partial charge in [-0.1, -0.05) is 5.57 Å². The lowest BCUT2D eigenvalue weighted by atomic mass is 9.48. The molecule has 0 aromatic rings. The van der Waals surface area contributed by atoms with E-state index < -0.39 is 0 Å². The lowest BCUT2D eigenvalue weighted by molar-refractivity contribution is -0.119. The number of hydrogen-bond donors (Lipinski definition) is 1. The van der Waals surface area contributed by atoms with Crippen LogP contribution in [-0.2, 0) is 14.3 Å². The molecule has 1 atom stereocenters. The molecule has 0 aromatic carbocycles. The topological polar surface area (TPSA) is 47.6 Å². The maximum atomic E-state index is 12.3. The van der Waals surface area contributed by atoms with E-state index in [1.165, 1.54) is 44.1 Å². The number of carbonyl (C=O) groups excluding carboxylic acids is 1. The highest BCUT2D eigenvalue weighted by atomic mass is 16.6. The second-order valence-electron chi connectivity index (χ2n) is 8.34. The zero-order valence-electron chi connectivity index (χ0n) is 14.2. The van der Waals surface area contributed by atoms with Crippen LogP contribution < -0.4 is 5.32 Å². The van der Waals surface area contributed by atoms with Crippen LogP contribution in [0.25, 0.3) is 0 Å². The van der Waals surface area contributed by atoms with Crippen molar-refractivity contribution in [3.05, 3.63) is 11.6 Å². The van der Waals surface area contributed by atoms with Gasteiger partial charge < -0.3 is 14.8 Å². The van der Waals surface area contributed by atoms with Crippen LogP contribution >= 0.6 is 0 Å². The molecule has 1 heterocycles. The molecule has 0 aromatic heterocycles. The van der Waals surface area contributed by atoms with E-state index in [9.17, 15) is 4.79 Å². The van der Waals surface area contributed by atoms with Gasteiger partial charge in [-0.25, -0.2) is 0 Å². The van der Waals surface area contributed by atoms with Crippen molar-refractivity contribution in [3.8, 4) is 0 Å². The van der Waals surface area contributed by atoms with Crippen LogP contribution in [0.3, 0.4) is 0 Å². The summed E-state index contributed by atoms with van der Waals surface area (Å²) in [4.78, 5) is 12.3. The Bertz CT molecular complexity index is 458.